The fraction of sp³-hybridized carbons (Fsp3) is 0.0833. The normalized spacial score (nSPS) is 10.6. The summed E-state index contributed by atoms with van der Waals surface area (Å²) in [5.41, 5.74) is 4.61. The Morgan fingerprint density at radius 1 is 0.931 bits per heavy atom. The van der Waals surface area contributed by atoms with Crippen LogP contribution in [-0.2, 0) is 0 Å². The Kier molecular flexibility index (Phi) is 5.12. The molecule has 0 aliphatic carbocycles. The molecular weight excluding hydrogens is 362 g/mol. The van der Waals surface area contributed by atoms with E-state index in [-0.39, 0.29) is 5.91 Å². The quantitative estimate of drug-likeness (QED) is 0.521. The number of anilines is 1. The summed E-state index contributed by atoms with van der Waals surface area (Å²) in [5.74, 6) is 0.365. The van der Waals surface area contributed by atoms with E-state index in [0.717, 1.165) is 16.8 Å². The fourth-order valence-electron chi connectivity index (χ4n) is 3.23. The van der Waals surface area contributed by atoms with E-state index < -0.39 is 0 Å². The Morgan fingerprint density at radius 2 is 1.62 bits per heavy atom. The second-order valence-electron chi connectivity index (χ2n) is 6.64. The molecule has 3 aromatic carbocycles. The number of para-hydroxylation sites is 3. The molecule has 1 aromatic heterocycles. The first-order chi connectivity index (χ1) is 14.2. The van der Waals surface area contributed by atoms with E-state index in [9.17, 15) is 4.79 Å². The van der Waals surface area contributed by atoms with Crippen LogP contribution in [0.3, 0.4) is 0 Å². The maximum Gasteiger partial charge on any atom is 0.259 e. The van der Waals surface area contributed by atoms with E-state index in [2.05, 4.69) is 5.32 Å². The smallest absolute Gasteiger partial charge is 0.259 e. The minimum atomic E-state index is -0.241. The Bertz CT molecular complexity index is 1150. The minimum absolute atomic E-state index is 0.241. The average Bonchev–Trinajstić information content (AvgIpc) is 3.20. The van der Waals surface area contributed by atoms with Crippen LogP contribution in [0.25, 0.3) is 16.9 Å². The molecule has 4 rings (SSSR count). The molecule has 0 aliphatic heterocycles. The lowest BCUT2D eigenvalue weighted by Crippen LogP contribution is -2.13. The van der Waals surface area contributed by atoms with Crippen LogP contribution in [0.15, 0.2) is 85.1 Å². The van der Waals surface area contributed by atoms with Gasteiger partial charge in [0, 0.05) is 11.8 Å². The molecular formula is C24H21N3O2. The number of carbonyl (C=O) groups excluding carboxylic acids is 1. The van der Waals surface area contributed by atoms with Crippen molar-refractivity contribution in [2.24, 2.45) is 0 Å². The summed E-state index contributed by atoms with van der Waals surface area (Å²) >= 11 is 0. The van der Waals surface area contributed by atoms with Crippen molar-refractivity contribution >= 4 is 11.6 Å². The number of amides is 1. The number of methoxy groups -OCH3 is 1. The number of nitrogens with zero attached hydrogens (tertiary/aromatic N) is 2. The molecule has 4 aromatic rings. The number of ether oxygens (including phenoxy) is 1. The summed E-state index contributed by atoms with van der Waals surface area (Å²) < 4.78 is 7.09. The number of hydrogen-bond donors (Lipinski definition) is 1. The van der Waals surface area contributed by atoms with Crippen LogP contribution in [0, 0.1) is 6.92 Å². The Morgan fingerprint density at radius 3 is 2.38 bits per heavy atom. The van der Waals surface area contributed by atoms with E-state index in [1.165, 1.54) is 0 Å². The highest BCUT2D eigenvalue weighted by molar-refractivity contribution is 6.08. The number of rotatable bonds is 5. The summed E-state index contributed by atoms with van der Waals surface area (Å²) in [6, 6.07) is 25.0. The summed E-state index contributed by atoms with van der Waals surface area (Å²) in [7, 11) is 1.58. The maximum atomic E-state index is 13.2. The standard InChI is InChI=1S/C24H21N3O2/c1-17-10-6-7-13-19(17)23-20(16-27(26-23)18-11-4-3-5-12-18)24(28)25-21-14-8-9-15-22(21)29-2/h3-16H,1-2H3,(H,25,28). The number of hydrogen-bond acceptors (Lipinski definition) is 3. The monoisotopic (exact) mass is 383 g/mol. The molecule has 144 valence electrons. The summed E-state index contributed by atoms with van der Waals surface area (Å²) in [4.78, 5) is 13.2. The highest BCUT2D eigenvalue weighted by Gasteiger charge is 2.20. The van der Waals surface area contributed by atoms with Crippen LogP contribution in [0.2, 0.25) is 0 Å². The third kappa shape index (κ3) is 3.75. The van der Waals surface area contributed by atoms with E-state index in [4.69, 9.17) is 9.84 Å². The number of nitrogens with one attached hydrogen (secondary N) is 1. The molecule has 0 fully saturated rings. The van der Waals surface area contributed by atoms with E-state index in [1.54, 1.807) is 18.0 Å². The molecule has 1 heterocycles. The van der Waals surface area contributed by atoms with Gasteiger partial charge in [0.2, 0.25) is 0 Å². The van der Waals surface area contributed by atoms with Crippen molar-refractivity contribution in [1.29, 1.82) is 0 Å². The first kappa shape index (κ1) is 18.5. The number of carbonyl (C=O) groups is 1. The largest absolute Gasteiger partial charge is 0.495 e. The van der Waals surface area contributed by atoms with Gasteiger partial charge in [0.15, 0.2) is 0 Å². The van der Waals surface area contributed by atoms with Gasteiger partial charge >= 0.3 is 0 Å². The second kappa shape index (κ2) is 8.02. The second-order valence-corrected chi connectivity index (χ2v) is 6.64. The highest BCUT2D eigenvalue weighted by atomic mass is 16.5. The molecule has 0 aliphatic rings. The first-order valence-electron chi connectivity index (χ1n) is 9.33. The zero-order chi connectivity index (χ0) is 20.2. The van der Waals surface area contributed by atoms with Crippen LogP contribution < -0.4 is 10.1 Å². The van der Waals surface area contributed by atoms with Crippen LogP contribution in [0.5, 0.6) is 5.75 Å². The van der Waals surface area contributed by atoms with Crippen molar-refractivity contribution in [3.05, 3.63) is 96.2 Å². The van der Waals surface area contributed by atoms with Crippen LogP contribution >= 0.6 is 0 Å². The van der Waals surface area contributed by atoms with Gasteiger partial charge in [0.25, 0.3) is 5.91 Å². The molecule has 0 unspecified atom stereocenters. The molecule has 0 atom stereocenters. The van der Waals surface area contributed by atoms with Gasteiger partial charge in [0.05, 0.1) is 24.0 Å². The van der Waals surface area contributed by atoms with Crippen molar-refractivity contribution in [3.63, 3.8) is 0 Å². The topological polar surface area (TPSA) is 56.1 Å². The number of aryl methyl sites for hydroxylation is 1. The Hall–Kier alpha value is -3.86. The average molecular weight is 383 g/mol. The zero-order valence-electron chi connectivity index (χ0n) is 16.3. The van der Waals surface area contributed by atoms with Gasteiger partial charge in [0.1, 0.15) is 11.4 Å². The molecule has 0 saturated heterocycles. The minimum Gasteiger partial charge on any atom is -0.495 e. The van der Waals surface area contributed by atoms with Gasteiger partial charge in [-0.1, -0.05) is 54.6 Å². The molecule has 5 heteroatoms. The van der Waals surface area contributed by atoms with E-state index >= 15 is 0 Å². The molecule has 0 bridgehead atoms. The van der Waals surface area contributed by atoms with Gasteiger partial charge in [-0.05, 0) is 36.8 Å². The molecule has 0 spiro atoms. The molecule has 1 amide bonds. The molecule has 29 heavy (non-hydrogen) atoms. The van der Waals surface area contributed by atoms with Gasteiger partial charge in [-0.15, -0.1) is 0 Å². The Labute approximate surface area is 169 Å². The third-order valence-corrected chi connectivity index (χ3v) is 4.73. The fourth-order valence-corrected chi connectivity index (χ4v) is 3.23. The molecule has 0 radical (unpaired) electrons. The van der Waals surface area contributed by atoms with Gasteiger partial charge in [-0.3, -0.25) is 4.79 Å². The maximum absolute atomic E-state index is 13.2. The lowest BCUT2D eigenvalue weighted by Gasteiger charge is -2.10. The summed E-state index contributed by atoms with van der Waals surface area (Å²) in [6.45, 7) is 2.01. The molecule has 5 nitrogen and oxygen atoms in total. The first-order valence-corrected chi connectivity index (χ1v) is 9.33. The lowest BCUT2D eigenvalue weighted by molar-refractivity contribution is 0.102. The summed E-state index contributed by atoms with van der Waals surface area (Å²) in [6.07, 6.45) is 1.77. The highest BCUT2D eigenvalue weighted by Crippen LogP contribution is 2.29. The number of aromatic nitrogens is 2. The van der Waals surface area contributed by atoms with Crippen molar-refractivity contribution in [2.45, 2.75) is 6.92 Å². The lowest BCUT2D eigenvalue weighted by atomic mass is 10.0. The molecule has 1 N–H and O–H groups in total. The van der Waals surface area contributed by atoms with Crippen LogP contribution in [0.4, 0.5) is 5.69 Å². The summed E-state index contributed by atoms with van der Waals surface area (Å²) in [5, 5.41) is 7.70. The van der Waals surface area contributed by atoms with Gasteiger partial charge in [-0.2, -0.15) is 5.10 Å². The molecule has 0 saturated carbocycles. The van der Waals surface area contributed by atoms with Crippen molar-refractivity contribution in [2.75, 3.05) is 12.4 Å². The van der Waals surface area contributed by atoms with Crippen LogP contribution in [-0.4, -0.2) is 22.8 Å². The van der Waals surface area contributed by atoms with E-state index in [1.807, 2.05) is 85.8 Å². The third-order valence-electron chi connectivity index (χ3n) is 4.73. The van der Waals surface area contributed by atoms with Gasteiger partial charge < -0.3 is 10.1 Å². The predicted molar refractivity (Wildman–Crippen MR) is 115 cm³/mol. The van der Waals surface area contributed by atoms with E-state index in [0.29, 0.717) is 22.7 Å². The zero-order valence-corrected chi connectivity index (χ0v) is 16.3. The van der Waals surface area contributed by atoms with Gasteiger partial charge in [-0.25, -0.2) is 4.68 Å². The van der Waals surface area contributed by atoms with Crippen molar-refractivity contribution in [3.8, 4) is 22.7 Å². The number of benzene rings is 3. The predicted octanol–water partition coefficient (Wildman–Crippen LogP) is 5.11. The SMILES string of the molecule is COc1ccccc1NC(=O)c1cn(-c2ccccc2)nc1-c1ccccc1C. The van der Waals surface area contributed by atoms with Crippen molar-refractivity contribution < 1.29 is 9.53 Å². The van der Waals surface area contributed by atoms with Crippen LogP contribution in [0.1, 0.15) is 15.9 Å². The Balaban J connectivity index is 1.80. The van der Waals surface area contributed by atoms with Crippen molar-refractivity contribution in [1.82, 2.24) is 9.78 Å².